The maximum atomic E-state index is 12.1. The van der Waals surface area contributed by atoms with Crippen LogP contribution in [0.3, 0.4) is 0 Å². The molecule has 2 aromatic rings. The lowest BCUT2D eigenvalue weighted by Crippen LogP contribution is -2.41. The van der Waals surface area contributed by atoms with Gasteiger partial charge in [0, 0.05) is 10.6 Å². The number of aryl methyl sites for hydroxylation is 1. The number of amides is 2. The summed E-state index contributed by atoms with van der Waals surface area (Å²) in [5.41, 5.74) is 3.68. The van der Waals surface area contributed by atoms with Crippen LogP contribution in [-0.2, 0) is 19.6 Å². The summed E-state index contributed by atoms with van der Waals surface area (Å²) >= 11 is 11.8. The number of nitrogens with one attached hydrogen (secondary N) is 3. The lowest BCUT2D eigenvalue weighted by molar-refractivity contribution is -0.125. The zero-order valence-corrected chi connectivity index (χ0v) is 17.6. The molecule has 8 nitrogen and oxygen atoms in total. The van der Waals surface area contributed by atoms with Gasteiger partial charge in [-0.25, -0.2) is 18.6 Å². The minimum atomic E-state index is -3.82. The molecule has 11 heteroatoms. The summed E-state index contributed by atoms with van der Waals surface area (Å²) in [6.07, 6.45) is 1.33. The van der Waals surface area contributed by atoms with Gasteiger partial charge in [0.2, 0.25) is 15.9 Å². The largest absolute Gasteiger partial charge is 0.346 e. The summed E-state index contributed by atoms with van der Waals surface area (Å²) in [6, 6.07) is 11.0. The van der Waals surface area contributed by atoms with E-state index < -0.39 is 28.4 Å². The molecular weight excluding hydrogens is 439 g/mol. The molecule has 0 saturated heterocycles. The fraction of sp³-hybridized carbons (Fsp3) is 0.167. The number of sulfonamides is 1. The first kappa shape index (κ1) is 22.8. The molecule has 0 bridgehead atoms. The van der Waals surface area contributed by atoms with Crippen molar-refractivity contribution in [2.45, 2.75) is 11.8 Å². The van der Waals surface area contributed by atoms with Gasteiger partial charge in [-0.3, -0.25) is 9.59 Å². The number of hydrazone groups is 1. The monoisotopic (exact) mass is 456 g/mol. The molecule has 0 heterocycles. The van der Waals surface area contributed by atoms with Crippen molar-refractivity contribution in [2.75, 3.05) is 13.1 Å². The fourth-order valence-electron chi connectivity index (χ4n) is 2.02. The van der Waals surface area contributed by atoms with E-state index in [1.54, 1.807) is 24.3 Å². The topological polar surface area (TPSA) is 117 Å². The van der Waals surface area contributed by atoms with Crippen LogP contribution in [0, 0.1) is 6.92 Å². The average molecular weight is 457 g/mol. The molecule has 2 rings (SSSR count). The van der Waals surface area contributed by atoms with Crippen molar-refractivity contribution in [3.05, 3.63) is 63.6 Å². The van der Waals surface area contributed by atoms with E-state index in [4.69, 9.17) is 23.2 Å². The van der Waals surface area contributed by atoms with E-state index in [0.29, 0.717) is 15.6 Å². The molecule has 0 aliphatic rings. The number of hydrogen-bond donors (Lipinski definition) is 3. The van der Waals surface area contributed by atoms with E-state index in [1.807, 2.05) is 6.92 Å². The minimum absolute atomic E-state index is 0.0452. The first-order valence-corrected chi connectivity index (χ1v) is 10.5. The second-order valence-electron chi connectivity index (χ2n) is 5.87. The van der Waals surface area contributed by atoms with Crippen LogP contribution < -0.4 is 15.5 Å². The number of nitrogens with zero attached hydrogens (tertiary/aromatic N) is 1. The molecule has 0 spiro atoms. The summed E-state index contributed by atoms with van der Waals surface area (Å²) in [5.74, 6) is -1.26. The van der Waals surface area contributed by atoms with Gasteiger partial charge < -0.3 is 5.32 Å². The van der Waals surface area contributed by atoms with Crippen LogP contribution in [0.25, 0.3) is 0 Å². The Labute approximate surface area is 178 Å². The van der Waals surface area contributed by atoms with Gasteiger partial charge in [0.15, 0.2) is 0 Å². The summed E-state index contributed by atoms with van der Waals surface area (Å²) < 4.78 is 26.4. The Balaban J connectivity index is 1.76. The maximum absolute atomic E-state index is 12.1. The minimum Gasteiger partial charge on any atom is -0.346 e. The second-order valence-corrected chi connectivity index (χ2v) is 8.48. The van der Waals surface area contributed by atoms with Gasteiger partial charge >= 0.3 is 0 Å². The molecule has 0 fully saturated rings. The third-order valence-electron chi connectivity index (χ3n) is 3.56. The van der Waals surface area contributed by atoms with Crippen LogP contribution in [-0.4, -0.2) is 39.5 Å². The highest BCUT2D eigenvalue weighted by molar-refractivity contribution is 7.89. The van der Waals surface area contributed by atoms with Crippen molar-refractivity contribution in [3.8, 4) is 0 Å². The van der Waals surface area contributed by atoms with Gasteiger partial charge in [-0.2, -0.15) is 5.10 Å². The van der Waals surface area contributed by atoms with E-state index in [0.717, 1.165) is 5.56 Å². The molecule has 0 unspecified atom stereocenters. The van der Waals surface area contributed by atoms with Crippen LogP contribution in [0.15, 0.2) is 52.5 Å². The zero-order chi connectivity index (χ0) is 21.4. The number of carbonyl (C=O) groups is 2. The van der Waals surface area contributed by atoms with Gasteiger partial charge in [0.05, 0.1) is 29.2 Å². The highest BCUT2D eigenvalue weighted by Gasteiger charge is 2.15. The Kier molecular flexibility index (Phi) is 8.15. The van der Waals surface area contributed by atoms with Gasteiger partial charge in [-0.1, -0.05) is 47.0 Å². The van der Waals surface area contributed by atoms with Crippen LogP contribution in [0.2, 0.25) is 10.0 Å². The predicted molar refractivity (Wildman–Crippen MR) is 112 cm³/mol. The standard InChI is InChI=1S/C18H18Cl2N4O4S/c1-12-2-6-15(7-3-12)29(27,28)23-11-17(25)21-10-18(26)24-22-9-13-4-5-14(19)8-16(13)20/h2-9,23H,10-11H2,1H3,(H,21,25)(H,24,26). The molecule has 2 amide bonds. The van der Waals surface area contributed by atoms with Crippen molar-refractivity contribution in [1.82, 2.24) is 15.5 Å². The summed E-state index contributed by atoms with van der Waals surface area (Å²) in [6.45, 7) is 0.945. The smallest absolute Gasteiger partial charge is 0.259 e. The van der Waals surface area contributed by atoms with Gasteiger partial charge in [0.25, 0.3) is 5.91 Å². The molecule has 0 aliphatic heterocycles. The number of benzene rings is 2. The molecule has 0 aromatic heterocycles. The molecular formula is C18H18Cl2N4O4S. The number of carbonyl (C=O) groups excluding carboxylic acids is 2. The number of hydrogen-bond acceptors (Lipinski definition) is 5. The Morgan fingerprint density at radius 1 is 1.03 bits per heavy atom. The third kappa shape index (κ3) is 7.47. The molecule has 154 valence electrons. The van der Waals surface area contributed by atoms with E-state index in [2.05, 4.69) is 20.6 Å². The average Bonchev–Trinajstić information content (AvgIpc) is 2.67. The van der Waals surface area contributed by atoms with E-state index in [-0.39, 0.29) is 11.4 Å². The Morgan fingerprint density at radius 2 is 1.72 bits per heavy atom. The van der Waals surface area contributed by atoms with Crippen molar-refractivity contribution in [2.24, 2.45) is 5.10 Å². The van der Waals surface area contributed by atoms with E-state index in [1.165, 1.54) is 24.4 Å². The van der Waals surface area contributed by atoms with Gasteiger partial charge in [-0.05, 0) is 31.2 Å². The van der Waals surface area contributed by atoms with Crippen molar-refractivity contribution in [1.29, 1.82) is 0 Å². The molecule has 0 saturated carbocycles. The third-order valence-corrected chi connectivity index (χ3v) is 5.54. The van der Waals surface area contributed by atoms with E-state index >= 15 is 0 Å². The van der Waals surface area contributed by atoms with Gasteiger partial charge in [0.1, 0.15) is 0 Å². The highest BCUT2D eigenvalue weighted by atomic mass is 35.5. The lowest BCUT2D eigenvalue weighted by Gasteiger charge is -2.07. The fourth-order valence-corrected chi connectivity index (χ4v) is 3.46. The first-order valence-electron chi connectivity index (χ1n) is 8.27. The first-order chi connectivity index (χ1) is 13.7. The van der Waals surface area contributed by atoms with Crippen molar-refractivity contribution >= 4 is 51.3 Å². The summed E-state index contributed by atoms with van der Waals surface area (Å²) in [7, 11) is -3.82. The lowest BCUT2D eigenvalue weighted by atomic mass is 10.2. The summed E-state index contributed by atoms with van der Waals surface area (Å²) in [4.78, 5) is 23.5. The number of rotatable bonds is 8. The van der Waals surface area contributed by atoms with Crippen molar-refractivity contribution in [3.63, 3.8) is 0 Å². The van der Waals surface area contributed by atoms with Crippen LogP contribution >= 0.6 is 23.2 Å². The highest BCUT2D eigenvalue weighted by Crippen LogP contribution is 2.19. The molecule has 0 radical (unpaired) electrons. The molecule has 2 aromatic carbocycles. The van der Waals surface area contributed by atoms with Crippen LogP contribution in [0.4, 0.5) is 0 Å². The SMILES string of the molecule is Cc1ccc(S(=O)(=O)NCC(=O)NCC(=O)NN=Cc2ccc(Cl)cc2Cl)cc1. The van der Waals surface area contributed by atoms with Crippen LogP contribution in [0.5, 0.6) is 0 Å². The normalized spacial score (nSPS) is 11.4. The molecule has 29 heavy (non-hydrogen) atoms. The molecule has 3 N–H and O–H groups in total. The quantitative estimate of drug-likeness (QED) is 0.414. The van der Waals surface area contributed by atoms with Gasteiger partial charge in [-0.15, -0.1) is 0 Å². The van der Waals surface area contributed by atoms with Crippen molar-refractivity contribution < 1.29 is 18.0 Å². The summed E-state index contributed by atoms with van der Waals surface area (Å²) in [5, 5.41) is 6.85. The molecule has 0 aliphatic carbocycles. The number of halogens is 2. The van der Waals surface area contributed by atoms with E-state index in [9.17, 15) is 18.0 Å². The van der Waals surface area contributed by atoms with Crippen LogP contribution in [0.1, 0.15) is 11.1 Å². The predicted octanol–water partition coefficient (Wildman–Crippen LogP) is 1.85. The Bertz CT molecular complexity index is 1020. The molecule has 0 atom stereocenters. The Morgan fingerprint density at radius 3 is 2.38 bits per heavy atom. The second kappa shape index (κ2) is 10.4. The maximum Gasteiger partial charge on any atom is 0.259 e. The zero-order valence-electron chi connectivity index (χ0n) is 15.3. The Hall–Kier alpha value is -2.46.